The summed E-state index contributed by atoms with van der Waals surface area (Å²) in [5, 5.41) is 0. The number of aryl methyl sites for hydroxylation is 2. The maximum Gasteiger partial charge on any atom is 0.131 e. The maximum absolute atomic E-state index is 4.68. The molecule has 1 aromatic heterocycles. The van der Waals surface area contributed by atoms with Gasteiger partial charge in [-0.1, -0.05) is 25.8 Å². The Kier molecular flexibility index (Phi) is 5.02. The third-order valence-electron chi connectivity index (χ3n) is 5.63. The average Bonchev–Trinajstić information content (AvgIpc) is 3.03. The molecular formula is C19H31N3. The van der Waals surface area contributed by atoms with Gasteiger partial charge in [0.05, 0.1) is 0 Å². The van der Waals surface area contributed by atoms with Gasteiger partial charge in [-0.15, -0.1) is 0 Å². The van der Waals surface area contributed by atoms with E-state index >= 15 is 0 Å². The number of piperazine rings is 1. The molecular weight excluding hydrogens is 270 g/mol. The Labute approximate surface area is 135 Å². The van der Waals surface area contributed by atoms with Gasteiger partial charge < -0.3 is 4.90 Å². The summed E-state index contributed by atoms with van der Waals surface area (Å²) >= 11 is 0. The molecule has 1 aromatic rings. The number of rotatable bonds is 4. The lowest BCUT2D eigenvalue weighted by Crippen LogP contribution is -2.52. The highest BCUT2D eigenvalue weighted by Crippen LogP contribution is 2.32. The van der Waals surface area contributed by atoms with Gasteiger partial charge in [-0.05, 0) is 50.2 Å². The smallest absolute Gasteiger partial charge is 0.131 e. The fourth-order valence-electron chi connectivity index (χ4n) is 4.54. The molecule has 0 unspecified atom stereocenters. The van der Waals surface area contributed by atoms with Crippen LogP contribution in [0.2, 0.25) is 0 Å². The van der Waals surface area contributed by atoms with Gasteiger partial charge in [-0.3, -0.25) is 4.90 Å². The minimum Gasteiger partial charge on any atom is -0.354 e. The molecule has 0 radical (unpaired) electrons. The summed E-state index contributed by atoms with van der Waals surface area (Å²) in [5.74, 6) is 2.15. The second kappa shape index (κ2) is 6.99. The molecule has 0 spiro atoms. The highest BCUT2D eigenvalue weighted by atomic mass is 15.3. The first-order valence-corrected chi connectivity index (χ1v) is 9.11. The zero-order valence-electron chi connectivity index (χ0n) is 14.5. The molecule has 0 amide bonds. The van der Waals surface area contributed by atoms with Crippen molar-refractivity contribution in [3.05, 3.63) is 23.4 Å². The first-order valence-electron chi connectivity index (χ1n) is 9.11. The predicted molar refractivity (Wildman–Crippen MR) is 93.5 cm³/mol. The standard InChI is InChI=1S/C19H31N3/c1-4-18(17-7-5-6-8-17)21-9-11-22(12-10-21)19-16(3)13-15(2)14-20-19/h13-14,17-18H,4-12H2,1-3H3/t18-/m1/s1. The SMILES string of the molecule is CC[C@H](C1CCCC1)N1CCN(c2ncc(C)cc2C)CC1. The number of hydrogen-bond donors (Lipinski definition) is 0. The van der Waals surface area contributed by atoms with Crippen molar-refractivity contribution in [1.29, 1.82) is 0 Å². The predicted octanol–water partition coefficient (Wildman–Crippen LogP) is 3.79. The summed E-state index contributed by atoms with van der Waals surface area (Å²) in [6.07, 6.45) is 9.13. The fraction of sp³-hybridized carbons (Fsp3) is 0.737. The molecule has 0 aromatic carbocycles. The van der Waals surface area contributed by atoms with Crippen LogP contribution in [0.5, 0.6) is 0 Å². The number of pyridine rings is 1. The molecule has 1 aliphatic carbocycles. The van der Waals surface area contributed by atoms with E-state index in [0.29, 0.717) is 0 Å². The lowest BCUT2D eigenvalue weighted by Gasteiger charge is -2.42. The van der Waals surface area contributed by atoms with Gasteiger partial charge in [0.15, 0.2) is 0 Å². The van der Waals surface area contributed by atoms with Crippen molar-refractivity contribution in [3.8, 4) is 0 Å². The Bertz CT molecular complexity index is 485. The van der Waals surface area contributed by atoms with Crippen molar-refractivity contribution in [2.75, 3.05) is 31.1 Å². The van der Waals surface area contributed by atoms with Crippen LogP contribution in [0.1, 0.15) is 50.2 Å². The molecule has 1 atom stereocenters. The highest BCUT2D eigenvalue weighted by Gasteiger charge is 2.30. The van der Waals surface area contributed by atoms with Crippen molar-refractivity contribution in [1.82, 2.24) is 9.88 Å². The van der Waals surface area contributed by atoms with Gasteiger partial charge in [-0.25, -0.2) is 4.98 Å². The van der Waals surface area contributed by atoms with Crippen LogP contribution < -0.4 is 4.90 Å². The Morgan fingerprint density at radius 3 is 2.41 bits per heavy atom. The van der Waals surface area contributed by atoms with E-state index in [1.807, 2.05) is 6.20 Å². The zero-order valence-corrected chi connectivity index (χ0v) is 14.5. The van der Waals surface area contributed by atoms with Crippen LogP contribution in [0.25, 0.3) is 0 Å². The average molecular weight is 301 g/mol. The van der Waals surface area contributed by atoms with Crippen molar-refractivity contribution in [2.24, 2.45) is 5.92 Å². The molecule has 2 heterocycles. The van der Waals surface area contributed by atoms with E-state index in [-0.39, 0.29) is 0 Å². The number of nitrogens with zero attached hydrogens (tertiary/aromatic N) is 3. The second-order valence-corrected chi connectivity index (χ2v) is 7.20. The summed E-state index contributed by atoms with van der Waals surface area (Å²) in [7, 11) is 0. The molecule has 1 aliphatic heterocycles. The fourth-order valence-corrected chi connectivity index (χ4v) is 4.54. The lowest BCUT2D eigenvalue weighted by molar-refractivity contribution is 0.129. The molecule has 1 saturated carbocycles. The quantitative estimate of drug-likeness (QED) is 0.843. The van der Waals surface area contributed by atoms with Crippen molar-refractivity contribution in [2.45, 2.75) is 58.9 Å². The van der Waals surface area contributed by atoms with Crippen LogP contribution >= 0.6 is 0 Å². The number of hydrogen-bond acceptors (Lipinski definition) is 3. The zero-order chi connectivity index (χ0) is 15.5. The first kappa shape index (κ1) is 15.8. The van der Waals surface area contributed by atoms with E-state index in [4.69, 9.17) is 0 Å². The molecule has 122 valence electrons. The Hall–Kier alpha value is -1.09. The maximum atomic E-state index is 4.68. The van der Waals surface area contributed by atoms with E-state index in [9.17, 15) is 0 Å². The van der Waals surface area contributed by atoms with Crippen LogP contribution in [0.15, 0.2) is 12.3 Å². The Balaban J connectivity index is 1.61. The van der Waals surface area contributed by atoms with Crippen molar-refractivity contribution >= 4 is 5.82 Å². The summed E-state index contributed by atoms with van der Waals surface area (Å²) in [5.41, 5.74) is 2.57. The normalized spacial score (nSPS) is 22.2. The molecule has 3 nitrogen and oxygen atoms in total. The minimum atomic E-state index is 0.816. The molecule has 22 heavy (non-hydrogen) atoms. The van der Waals surface area contributed by atoms with E-state index in [2.05, 4.69) is 41.6 Å². The van der Waals surface area contributed by atoms with E-state index in [1.165, 1.54) is 62.1 Å². The third-order valence-corrected chi connectivity index (χ3v) is 5.63. The van der Waals surface area contributed by atoms with E-state index in [0.717, 1.165) is 25.0 Å². The van der Waals surface area contributed by atoms with Crippen molar-refractivity contribution < 1.29 is 0 Å². The van der Waals surface area contributed by atoms with E-state index in [1.54, 1.807) is 0 Å². The van der Waals surface area contributed by atoms with E-state index < -0.39 is 0 Å². The summed E-state index contributed by atoms with van der Waals surface area (Å²) in [4.78, 5) is 9.92. The molecule has 3 rings (SSSR count). The van der Waals surface area contributed by atoms with Crippen LogP contribution in [0.3, 0.4) is 0 Å². The summed E-state index contributed by atoms with van der Waals surface area (Å²) in [6.45, 7) is 11.3. The molecule has 2 aliphatic rings. The van der Waals surface area contributed by atoms with Crippen LogP contribution in [-0.4, -0.2) is 42.1 Å². The Morgan fingerprint density at radius 1 is 1.14 bits per heavy atom. The Morgan fingerprint density at radius 2 is 1.82 bits per heavy atom. The number of anilines is 1. The van der Waals surface area contributed by atoms with Gasteiger partial charge in [0, 0.05) is 38.4 Å². The molecule has 0 N–H and O–H groups in total. The largest absolute Gasteiger partial charge is 0.354 e. The summed E-state index contributed by atoms with van der Waals surface area (Å²) in [6, 6.07) is 3.07. The molecule has 3 heteroatoms. The van der Waals surface area contributed by atoms with Crippen molar-refractivity contribution in [3.63, 3.8) is 0 Å². The van der Waals surface area contributed by atoms with Crippen LogP contribution in [-0.2, 0) is 0 Å². The van der Waals surface area contributed by atoms with Gasteiger partial charge in [-0.2, -0.15) is 0 Å². The van der Waals surface area contributed by atoms with Gasteiger partial charge >= 0.3 is 0 Å². The van der Waals surface area contributed by atoms with Gasteiger partial charge in [0.1, 0.15) is 5.82 Å². The number of aromatic nitrogens is 1. The van der Waals surface area contributed by atoms with Crippen LogP contribution in [0, 0.1) is 19.8 Å². The molecule has 1 saturated heterocycles. The highest BCUT2D eigenvalue weighted by molar-refractivity contribution is 5.47. The topological polar surface area (TPSA) is 19.4 Å². The monoisotopic (exact) mass is 301 g/mol. The molecule has 0 bridgehead atoms. The second-order valence-electron chi connectivity index (χ2n) is 7.20. The van der Waals surface area contributed by atoms with Gasteiger partial charge in [0.25, 0.3) is 0 Å². The van der Waals surface area contributed by atoms with Gasteiger partial charge in [0.2, 0.25) is 0 Å². The summed E-state index contributed by atoms with van der Waals surface area (Å²) < 4.78 is 0. The third kappa shape index (κ3) is 3.29. The first-order chi connectivity index (χ1) is 10.7. The molecule has 2 fully saturated rings. The minimum absolute atomic E-state index is 0.816. The van der Waals surface area contributed by atoms with Crippen LogP contribution in [0.4, 0.5) is 5.82 Å². The lowest BCUT2D eigenvalue weighted by atomic mass is 9.94.